The molecule has 0 spiro atoms. The van der Waals surface area contributed by atoms with Crippen molar-refractivity contribution in [2.24, 2.45) is 5.92 Å². The fourth-order valence-corrected chi connectivity index (χ4v) is 6.16. The van der Waals surface area contributed by atoms with Crippen molar-refractivity contribution >= 4 is 35.4 Å². The number of hydrogen-bond donors (Lipinski definition) is 2. The molecule has 0 bridgehead atoms. The van der Waals surface area contributed by atoms with Crippen molar-refractivity contribution < 1.29 is 38.3 Å². The number of amides is 1. The van der Waals surface area contributed by atoms with E-state index in [0.717, 1.165) is 40.3 Å². The SMILES string of the molecule is CSCCC(NC(=O)c1ccc(COC(CSC)CC2CCCCC2)cc1-c1ccccc1C)C(=O)O.[Li+]. The van der Waals surface area contributed by atoms with Crippen molar-refractivity contribution in [2.75, 3.05) is 24.0 Å². The van der Waals surface area contributed by atoms with E-state index in [4.69, 9.17) is 4.74 Å². The number of benzene rings is 2. The maximum atomic E-state index is 13.3. The van der Waals surface area contributed by atoms with Crippen molar-refractivity contribution in [1.82, 2.24) is 5.32 Å². The number of hydrogen-bond acceptors (Lipinski definition) is 5. The summed E-state index contributed by atoms with van der Waals surface area (Å²) in [7, 11) is 0. The Morgan fingerprint density at radius 1 is 1.05 bits per heavy atom. The fourth-order valence-electron chi connectivity index (χ4n) is 5.08. The van der Waals surface area contributed by atoms with E-state index in [2.05, 4.69) is 11.6 Å². The molecule has 2 N–H and O–H groups in total. The Balaban J connectivity index is 0.00000507. The standard InChI is InChI=1S/C30H41NO4S2.Li/c1-21-9-7-8-12-25(21)27-18-23(19-35-24(20-37-3)17-22-10-5-4-6-11-22)13-14-26(27)29(32)31-28(30(33)34)15-16-36-2;/h7-9,12-14,18,22,24,28H,4-6,10-11,15-17,19-20H2,1-3H3,(H,31,32)(H,33,34);/q;+1. The molecule has 0 saturated heterocycles. The first-order chi connectivity index (χ1) is 17.9. The predicted molar refractivity (Wildman–Crippen MR) is 157 cm³/mol. The van der Waals surface area contributed by atoms with Crippen LogP contribution in [0.2, 0.25) is 0 Å². The molecule has 5 nitrogen and oxygen atoms in total. The van der Waals surface area contributed by atoms with Gasteiger partial charge in [0, 0.05) is 11.3 Å². The number of thioether (sulfide) groups is 2. The van der Waals surface area contributed by atoms with Crippen LogP contribution in [0, 0.1) is 12.8 Å². The second kappa shape index (κ2) is 17.4. The number of carbonyl (C=O) groups excluding carboxylic acids is 1. The zero-order valence-electron chi connectivity index (χ0n) is 23.3. The Labute approximate surface area is 248 Å². The van der Waals surface area contributed by atoms with E-state index in [0.29, 0.717) is 24.3 Å². The van der Waals surface area contributed by atoms with Crippen molar-refractivity contribution in [3.63, 3.8) is 0 Å². The van der Waals surface area contributed by atoms with Crippen molar-refractivity contribution in [3.8, 4) is 11.1 Å². The van der Waals surface area contributed by atoms with Crippen LogP contribution in [0.25, 0.3) is 11.1 Å². The van der Waals surface area contributed by atoms with Crippen LogP contribution in [-0.2, 0) is 16.1 Å². The van der Waals surface area contributed by atoms with Crippen LogP contribution in [0.5, 0.6) is 0 Å². The molecular formula is C30H41LiNO4S2+. The summed E-state index contributed by atoms with van der Waals surface area (Å²) in [5, 5.41) is 12.4. The predicted octanol–water partition coefficient (Wildman–Crippen LogP) is 3.82. The molecule has 1 amide bonds. The molecule has 2 aromatic rings. The molecule has 38 heavy (non-hydrogen) atoms. The summed E-state index contributed by atoms with van der Waals surface area (Å²) in [6, 6.07) is 12.8. The molecule has 1 fully saturated rings. The van der Waals surface area contributed by atoms with Gasteiger partial charge >= 0.3 is 24.8 Å². The van der Waals surface area contributed by atoms with E-state index in [1.165, 1.54) is 32.1 Å². The number of rotatable bonds is 14. The summed E-state index contributed by atoms with van der Waals surface area (Å²) < 4.78 is 6.43. The third-order valence-electron chi connectivity index (χ3n) is 7.14. The van der Waals surface area contributed by atoms with E-state index >= 15 is 0 Å². The van der Waals surface area contributed by atoms with Crippen LogP contribution in [-0.4, -0.2) is 53.1 Å². The van der Waals surface area contributed by atoms with Crippen LogP contribution in [0.3, 0.4) is 0 Å². The molecule has 2 unspecified atom stereocenters. The third-order valence-corrected chi connectivity index (χ3v) is 8.49. The van der Waals surface area contributed by atoms with Gasteiger partial charge in [0.25, 0.3) is 5.91 Å². The van der Waals surface area contributed by atoms with E-state index < -0.39 is 12.0 Å². The van der Waals surface area contributed by atoms with Gasteiger partial charge in [-0.15, -0.1) is 0 Å². The zero-order chi connectivity index (χ0) is 26.6. The number of nitrogens with one attached hydrogen (secondary N) is 1. The molecule has 2 aromatic carbocycles. The number of carboxylic acids is 1. The van der Waals surface area contributed by atoms with Gasteiger partial charge in [-0.05, 0) is 78.3 Å². The Kier molecular flexibility index (Phi) is 15.0. The van der Waals surface area contributed by atoms with Gasteiger partial charge < -0.3 is 15.2 Å². The van der Waals surface area contributed by atoms with Gasteiger partial charge in [0.15, 0.2) is 0 Å². The van der Waals surface area contributed by atoms with Gasteiger partial charge in [-0.2, -0.15) is 23.5 Å². The second-order valence-electron chi connectivity index (χ2n) is 9.97. The minimum Gasteiger partial charge on any atom is -0.480 e. The Morgan fingerprint density at radius 2 is 1.79 bits per heavy atom. The summed E-state index contributed by atoms with van der Waals surface area (Å²) in [6.07, 6.45) is 12.4. The van der Waals surface area contributed by atoms with Crippen LogP contribution in [0.4, 0.5) is 0 Å². The minimum absolute atomic E-state index is 0. The van der Waals surface area contributed by atoms with Gasteiger partial charge in [0.05, 0.1) is 12.7 Å². The Bertz CT molecular complexity index is 1030. The minimum atomic E-state index is -1.01. The maximum Gasteiger partial charge on any atom is 1.00 e. The fraction of sp³-hybridized carbons (Fsp3) is 0.533. The van der Waals surface area contributed by atoms with Crippen molar-refractivity contribution in [3.05, 3.63) is 59.2 Å². The number of carboxylic acid groups (broad SMARTS) is 1. The number of aliphatic carboxylic acids is 1. The number of carbonyl (C=O) groups is 2. The van der Waals surface area contributed by atoms with Crippen LogP contribution in [0.15, 0.2) is 42.5 Å². The topological polar surface area (TPSA) is 75.6 Å². The quantitative estimate of drug-likeness (QED) is 0.349. The van der Waals surface area contributed by atoms with Crippen LogP contribution >= 0.6 is 23.5 Å². The van der Waals surface area contributed by atoms with Gasteiger partial charge in [-0.3, -0.25) is 4.79 Å². The first-order valence-corrected chi connectivity index (χ1v) is 16.0. The van der Waals surface area contributed by atoms with E-state index in [1.54, 1.807) is 11.8 Å². The molecule has 8 heteroatoms. The summed E-state index contributed by atoms with van der Waals surface area (Å²) in [5.74, 6) is 1.03. The average Bonchev–Trinajstić information content (AvgIpc) is 2.90. The zero-order valence-corrected chi connectivity index (χ0v) is 25.0. The molecule has 0 aliphatic heterocycles. The van der Waals surface area contributed by atoms with E-state index in [9.17, 15) is 14.7 Å². The van der Waals surface area contributed by atoms with Gasteiger partial charge in [-0.25, -0.2) is 4.79 Å². The molecule has 1 saturated carbocycles. The number of aryl methyl sites for hydroxylation is 1. The largest absolute Gasteiger partial charge is 1.00 e. The Morgan fingerprint density at radius 3 is 2.45 bits per heavy atom. The first kappa shape index (κ1) is 32.8. The molecule has 1 aliphatic carbocycles. The molecule has 0 radical (unpaired) electrons. The molecule has 0 aromatic heterocycles. The van der Waals surface area contributed by atoms with Crippen molar-refractivity contribution in [2.45, 2.75) is 70.6 Å². The van der Waals surface area contributed by atoms with Gasteiger partial charge in [-0.1, -0.05) is 62.4 Å². The van der Waals surface area contributed by atoms with Gasteiger partial charge in [0.1, 0.15) is 6.04 Å². The normalized spacial score (nSPS) is 15.3. The summed E-state index contributed by atoms with van der Waals surface area (Å²) >= 11 is 3.39. The monoisotopic (exact) mass is 550 g/mol. The van der Waals surface area contributed by atoms with E-state index in [-0.39, 0.29) is 30.9 Å². The van der Waals surface area contributed by atoms with Crippen LogP contribution in [0.1, 0.15) is 66.4 Å². The first-order valence-electron chi connectivity index (χ1n) is 13.2. The molecular weight excluding hydrogens is 509 g/mol. The molecule has 2 atom stereocenters. The van der Waals surface area contributed by atoms with Crippen molar-refractivity contribution in [1.29, 1.82) is 0 Å². The third kappa shape index (κ3) is 9.99. The molecule has 3 rings (SSSR count). The van der Waals surface area contributed by atoms with E-state index in [1.807, 2.05) is 67.4 Å². The Hall–Kier alpha value is -1.36. The van der Waals surface area contributed by atoms with Gasteiger partial charge in [0.2, 0.25) is 0 Å². The summed E-state index contributed by atoms with van der Waals surface area (Å²) in [6.45, 7) is 2.52. The number of ether oxygens (including phenoxy) is 1. The molecule has 202 valence electrons. The molecule has 1 aliphatic rings. The van der Waals surface area contributed by atoms with Crippen LogP contribution < -0.4 is 24.2 Å². The molecule has 0 heterocycles. The summed E-state index contributed by atoms with van der Waals surface area (Å²) in [4.78, 5) is 25.0. The second-order valence-corrected chi connectivity index (χ2v) is 11.9. The summed E-state index contributed by atoms with van der Waals surface area (Å²) in [5.41, 5.74) is 4.33. The average molecular weight is 551 g/mol. The smallest absolute Gasteiger partial charge is 0.480 e. The maximum absolute atomic E-state index is 13.3.